The number of anilines is 4. The standard InChI is InChI=1S/C23H21N7O/c1-30-21-16(20(29-30)22(24)31)12-11-14-13-25-23(28-19(14)21)27-18-10-6-5-9-17(18)26-15-7-3-2-4-8-15/h2-10,13,26H,11-12H2,1H3,(H2,24,31)(H,25,27,28). The average molecular weight is 411 g/mol. The summed E-state index contributed by atoms with van der Waals surface area (Å²) < 4.78 is 1.68. The van der Waals surface area contributed by atoms with Crippen molar-refractivity contribution in [1.29, 1.82) is 0 Å². The number of carbonyl (C=O) groups excluding carboxylic acids is 1. The summed E-state index contributed by atoms with van der Waals surface area (Å²) >= 11 is 0. The molecule has 5 rings (SSSR count). The molecule has 1 aliphatic carbocycles. The Morgan fingerprint density at radius 3 is 2.45 bits per heavy atom. The van der Waals surface area contributed by atoms with E-state index in [2.05, 4.69) is 20.7 Å². The fraction of sp³-hybridized carbons (Fsp3) is 0.130. The maximum Gasteiger partial charge on any atom is 0.269 e. The number of rotatable bonds is 5. The highest BCUT2D eigenvalue weighted by atomic mass is 16.1. The van der Waals surface area contributed by atoms with Gasteiger partial charge in [-0.1, -0.05) is 30.3 Å². The second-order valence-corrected chi connectivity index (χ2v) is 7.39. The van der Waals surface area contributed by atoms with E-state index in [9.17, 15) is 4.79 Å². The molecule has 2 heterocycles. The van der Waals surface area contributed by atoms with Crippen LogP contribution in [-0.4, -0.2) is 25.7 Å². The van der Waals surface area contributed by atoms with E-state index in [0.717, 1.165) is 46.0 Å². The van der Waals surface area contributed by atoms with Gasteiger partial charge in [-0.15, -0.1) is 0 Å². The molecule has 4 N–H and O–H groups in total. The molecular weight excluding hydrogens is 390 g/mol. The van der Waals surface area contributed by atoms with Crippen LogP contribution in [0.3, 0.4) is 0 Å². The number of fused-ring (bicyclic) bond motifs is 3. The van der Waals surface area contributed by atoms with Gasteiger partial charge in [-0.05, 0) is 42.7 Å². The van der Waals surface area contributed by atoms with Crippen molar-refractivity contribution in [2.24, 2.45) is 12.8 Å². The van der Waals surface area contributed by atoms with Crippen LogP contribution in [-0.2, 0) is 19.9 Å². The third kappa shape index (κ3) is 3.48. The lowest BCUT2D eigenvalue weighted by Gasteiger charge is -2.18. The number of primary amides is 1. The molecule has 8 nitrogen and oxygen atoms in total. The molecule has 0 fully saturated rings. The van der Waals surface area contributed by atoms with Gasteiger partial charge in [0.25, 0.3) is 5.91 Å². The van der Waals surface area contributed by atoms with Crippen molar-refractivity contribution in [1.82, 2.24) is 19.7 Å². The Kier molecular flexibility index (Phi) is 4.59. The Labute approximate surface area is 179 Å². The first-order valence-electron chi connectivity index (χ1n) is 10.0. The molecule has 0 aliphatic heterocycles. The van der Waals surface area contributed by atoms with E-state index in [0.29, 0.717) is 18.1 Å². The van der Waals surface area contributed by atoms with Gasteiger partial charge >= 0.3 is 0 Å². The fourth-order valence-electron chi connectivity index (χ4n) is 3.91. The van der Waals surface area contributed by atoms with Gasteiger partial charge < -0.3 is 16.4 Å². The number of carbonyl (C=O) groups is 1. The van der Waals surface area contributed by atoms with E-state index in [4.69, 9.17) is 10.7 Å². The number of aromatic nitrogens is 4. The number of para-hydroxylation sites is 3. The molecule has 0 saturated carbocycles. The van der Waals surface area contributed by atoms with Gasteiger partial charge in [-0.2, -0.15) is 5.10 Å². The lowest BCUT2D eigenvalue weighted by Crippen LogP contribution is -2.16. The number of nitrogens with two attached hydrogens (primary N) is 1. The molecule has 0 saturated heterocycles. The topological polar surface area (TPSA) is 111 Å². The Morgan fingerprint density at radius 1 is 1.00 bits per heavy atom. The van der Waals surface area contributed by atoms with Gasteiger partial charge in [0.1, 0.15) is 0 Å². The normalized spacial score (nSPS) is 12.0. The maximum absolute atomic E-state index is 11.8. The van der Waals surface area contributed by atoms with E-state index >= 15 is 0 Å². The van der Waals surface area contributed by atoms with Crippen molar-refractivity contribution in [3.63, 3.8) is 0 Å². The molecule has 31 heavy (non-hydrogen) atoms. The third-order valence-corrected chi connectivity index (χ3v) is 5.34. The highest BCUT2D eigenvalue weighted by Crippen LogP contribution is 2.34. The van der Waals surface area contributed by atoms with Crippen molar-refractivity contribution in [2.75, 3.05) is 10.6 Å². The minimum Gasteiger partial charge on any atom is -0.364 e. The van der Waals surface area contributed by atoms with Crippen LogP contribution in [0.15, 0.2) is 60.8 Å². The Balaban J connectivity index is 1.50. The van der Waals surface area contributed by atoms with Crippen molar-refractivity contribution in [2.45, 2.75) is 12.8 Å². The van der Waals surface area contributed by atoms with E-state index in [1.807, 2.05) is 60.8 Å². The maximum atomic E-state index is 11.8. The van der Waals surface area contributed by atoms with Crippen molar-refractivity contribution < 1.29 is 4.79 Å². The molecule has 0 atom stereocenters. The van der Waals surface area contributed by atoms with Crippen LogP contribution in [0.5, 0.6) is 0 Å². The molecule has 1 amide bonds. The molecule has 0 spiro atoms. The minimum absolute atomic E-state index is 0.314. The molecule has 154 valence electrons. The summed E-state index contributed by atoms with van der Waals surface area (Å²) in [4.78, 5) is 21.1. The largest absolute Gasteiger partial charge is 0.364 e. The van der Waals surface area contributed by atoms with E-state index in [-0.39, 0.29) is 0 Å². The molecule has 2 aromatic heterocycles. The lowest BCUT2D eigenvalue weighted by molar-refractivity contribution is 0.0994. The summed E-state index contributed by atoms with van der Waals surface area (Å²) in [6.07, 6.45) is 3.26. The van der Waals surface area contributed by atoms with Crippen LogP contribution in [0.4, 0.5) is 23.0 Å². The summed E-state index contributed by atoms with van der Waals surface area (Å²) in [5.74, 6) is -0.0515. The Morgan fingerprint density at radius 2 is 1.71 bits per heavy atom. The highest BCUT2D eigenvalue weighted by molar-refractivity contribution is 5.94. The van der Waals surface area contributed by atoms with Crippen molar-refractivity contribution >= 4 is 28.9 Å². The number of hydrogen-bond donors (Lipinski definition) is 3. The number of nitrogens with zero attached hydrogens (tertiary/aromatic N) is 4. The molecule has 1 aliphatic rings. The van der Waals surface area contributed by atoms with Crippen LogP contribution < -0.4 is 16.4 Å². The first kappa shape index (κ1) is 18.8. The molecule has 2 aromatic carbocycles. The second-order valence-electron chi connectivity index (χ2n) is 7.39. The van der Waals surface area contributed by atoms with E-state index < -0.39 is 5.91 Å². The predicted molar refractivity (Wildman–Crippen MR) is 120 cm³/mol. The Bertz CT molecular complexity index is 1280. The first-order chi connectivity index (χ1) is 15.1. The van der Waals surface area contributed by atoms with Gasteiger partial charge in [-0.3, -0.25) is 9.48 Å². The highest BCUT2D eigenvalue weighted by Gasteiger charge is 2.28. The number of aryl methyl sites for hydroxylation is 2. The van der Waals surface area contributed by atoms with E-state index in [1.165, 1.54) is 0 Å². The monoisotopic (exact) mass is 411 g/mol. The van der Waals surface area contributed by atoms with E-state index in [1.54, 1.807) is 11.7 Å². The zero-order valence-electron chi connectivity index (χ0n) is 17.0. The zero-order chi connectivity index (χ0) is 21.4. The predicted octanol–water partition coefficient (Wildman–Crippen LogP) is 3.56. The average Bonchev–Trinajstić information content (AvgIpc) is 3.13. The summed E-state index contributed by atoms with van der Waals surface area (Å²) in [7, 11) is 1.80. The molecule has 8 heteroatoms. The zero-order valence-corrected chi connectivity index (χ0v) is 17.0. The van der Waals surface area contributed by atoms with Gasteiger partial charge in [0, 0.05) is 24.5 Å². The van der Waals surface area contributed by atoms with Gasteiger partial charge in [0.2, 0.25) is 5.95 Å². The minimum atomic E-state index is -0.520. The SMILES string of the molecule is Cn1nc(C(N)=O)c2c1-c1nc(Nc3ccccc3Nc3ccccc3)ncc1CC2. The van der Waals surface area contributed by atoms with Gasteiger partial charge in [0.05, 0.1) is 22.8 Å². The van der Waals surface area contributed by atoms with Crippen molar-refractivity contribution in [3.05, 3.63) is 77.6 Å². The number of nitrogens with one attached hydrogen (secondary N) is 2. The molecule has 0 unspecified atom stereocenters. The third-order valence-electron chi connectivity index (χ3n) is 5.34. The first-order valence-corrected chi connectivity index (χ1v) is 10.0. The lowest BCUT2D eigenvalue weighted by atomic mass is 9.93. The Hall–Kier alpha value is -4.20. The van der Waals surface area contributed by atoms with Gasteiger partial charge in [0.15, 0.2) is 5.69 Å². The number of amides is 1. The van der Waals surface area contributed by atoms with Crippen LogP contribution in [0.1, 0.15) is 21.6 Å². The van der Waals surface area contributed by atoms with Crippen LogP contribution in [0.25, 0.3) is 11.4 Å². The smallest absolute Gasteiger partial charge is 0.269 e. The molecule has 0 bridgehead atoms. The summed E-state index contributed by atoms with van der Waals surface area (Å²) in [5, 5.41) is 11.0. The number of benzene rings is 2. The summed E-state index contributed by atoms with van der Waals surface area (Å²) in [6, 6.07) is 17.8. The van der Waals surface area contributed by atoms with Crippen LogP contribution in [0, 0.1) is 0 Å². The van der Waals surface area contributed by atoms with Gasteiger partial charge in [-0.25, -0.2) is 9.97 Å². The molecule has 4 aromatic rings. The summed E-state index contributed by atoms with van der Waals surface area (Å²) in [5.41, 5.74) is 12.0. The van der Waals surface area contributed by atoms with Crippen molar-refractivity contribution in [3.8, 4) is 11.4 Å². The second kappa shape index (κ2) is 7.56. The summed E-state index contributed by atoms with van der Waals surface area (Å²) in [6.45, 7) is 0. The number of hydrogen-bond acceptors (Lipinski definition) is 6. The quantitative estimate of drug-likeness (QED) is 0.463. The van der Waals surface area contributed by atoms with Crippen LogP contribution >= 0.6 is 0 Å². The molecule has 0 radical (unpaired) electrons. The molecular formula is C23H21N7O. The van der Waals surface area contributed by atoms with Crippen LogP contribution in [0.2, 0.25) is 0 Å². The fourth-order valence-corrected chi connectivity index (χ4v) is 3.91.